The van der Waals surface area contributed by atoms with Crippen LogP contribution in [-0.2, 0) is 25.4 Å². The first-order chi connectivity index (χ1) is 14.3. The van der Waals surface area contributed by atoms with E-state index in [1.165, 1.54) is 36.1 Å². The van der Waals surface area contributed by atoms with Crippen molar-refractivity contribution in [2.75, 3.05) is 0 Å². The van der Waals surface area contributed by atoms with Gasteiger partial charge in [0.1, 0.15) is 16.3 Å². The van der Waals surface area contributed by atoms with Gasteiger partial charge in [0.15, 0.2) is 0 Å². The maximum atomic E-state index is 12.6. The summed E-state index contributed by atoms with van der Waals surface area (Å²) in [6.45, 7) is 1.66. The van der Waals surface area contributed by atoms with Gasteiger partial charge in [0.2, 0.25) is 0 Å². The normalized spacial score (nSPS) is 11.2. The van der Waals surface area contributed by atoms with E-state index in [9.17, 15) is 14.4 Å². The predicted octanol–water partition coefficient (Wildman–Crippen LogP) is 2.80. The number of aryl methyl sites for hydroxylation is 1. The van der Waals surface area contributed by atoms with Crippen LogP contribution in [0.15, 0.2) is 46.0 Å². The molecule has 0 aliphatic carbocycles. The van der Waals surface area contributed by atoms with Gasteiger partial charge < -0.3 is 4.74 Å². The molecule has 0 aliphatic heterocycles. The lowest BCUT2D eigenvalue weighted by Gasteiger charge is -2.09. The first-order valence-electron chi connectivity index (χ1n) is 8.95. The van der Waals surface area contributed by atoms with Crippen molar-refractivity contribution in [2.24, 2.45) is 14.1 Å². The van der Waals surface area contributed by atoms with Gasteiger partial charge in [-0.15, -0.1) is 11.3 Å². The summed E-state index contributed by atoms with van der Waals surface area (Å²) in [5.41, 5.74) is 0.853. The molecule has 1 aromatic carbocycles. The van der Waals surface area contributed by atoms with Gasteiger partial charge in [-0.3, -0.25) is 13.9 Å². The summed E-state index contributed by atoms with van der Waals surface area (Å²) in [6, 6.07) is 10.3. The molecule has 0 radical (unpaired) electrons. The molecule has 0 saturated carbocycles. The topological polar surface area (TPSA) is 88.1 Å². The number of nitrogens with zero attached hydrogens (tertiary/aromatic N) is 4. The van der Waals surface area contributed by atoms with E-state index in [0.717, 1.165) is 20.5 Å². The minimum absolute atomic E-state index is 0.190. The Kier molecular flexibility index (Phi) is 5.08. The maximum absolute atomic E-state index is 12.6. The number of rotatable bonds is 4. The van der Waals surface area contributed by atoms with Crippen molar-refractivity contribution in [1.29, 1.82) is 0 Å². The smallest absolute Gasteiger partial charge is 0.348 e. The monoisotopic (exact) mass is 444 g/mol. The molecular formula is C20H17ClN4O4S. The Labute approximate surface area is 179 Å². The number of hydrogen-bond donors (Lipinski definition) is 0. The van der Waals surface area contributed by atoms with Gasteiger partial charge >= 0.3 is 11.7 Å². The number of benzene rings is 1. The van der Waals surface area contributed by atoms with E-state index in [1.54, 1.807) is 16.8 Å². The van der Waals surface area contributed by atoms with Gasteiger partial charge in [-0.2, -0.15) is 5.10 Å². The van der Waals surface area contributed by atoms with Crippen LogP contribution in [0.1, 0.15) is 21.1 Å². The molecule has 3 heterocycles. The summed E-state index contributed by atoms with van der Waals surface area (Å²) in [4.78, 5) is 37.6. The highest BCUT2D eigenvalue weighted by Gasteiger charge is 2.19. The number of esters is 1. The van der Waals surface area contributed by atoms with Crippen molar-refractivity contribution in [3.05, 3.63) is 78.5 Å². The Bertz CT molecular complexity index is 1410. The minimum Gasteiger partial charge on any atom is -0.455 e. The summed E-state index contributed by atoms with van der Waals surface area (Å²) < 4.78 is 9.33. The molecule has 0 amide bonds. The highest BCUT2D eigenvalue weighted by molar-refractivity contribution is 7.20. The van der Waals surface area contributed by atoms with Crippen LogP contribution in [0.2, 0.25) is 5.02 Å². The molecule has 0 N–H and O–H groups in total. The average molecular weight is 445 g/mol. The lowest BCUT2D eigenvalue weighted by atomic mass is 10.3. The quantitative estimate of drug-likeness (QED) is 0.451. The molecule has 0 saturated heterocycles. The molecule has 30 heavy (non-hydrogen) atoms. The number of hydrogen-bond acceptors (Lipinski definition) is 6. The molecule has 154 valence electrons. The zero-order chi connectivity index (χ0) is 21.6. The van der Waals surface area contributed by atoms with Gasteiger partial charge in [-0.25, -0.2) is 14.3 Å². The van der Waals surface area contributed by atoms with E-state index in [-0.39, 0.29) is 6.61 Å². The lowest BCUT2D eigenvalue weighted by molar-refractivity contribution is 0.0468. The third-order valence-corrected chi connectivity index (χ3v) is 6.21. The van der Waals surface area contributed by atoms with Crippen LogP contribution in [0.25, 0.3) is 15.9 Å². The van der Waals surface area contributed by atoms with Crippen LogP contribution in [0.5, 0.6) is 0 Å². The number of carbonyl (C=O) groups excluding carboxylic acids is 1. The van der Waals surface area contributed by atoms with E-state index < -0.39 is 17.2 Å². The number of fused-ring (bicyclic) bond motifs is 1. The molecule has 8 nitrogen and oxygen atoms in total. The van der Waals surface area contributed by atoms with Crippen LogP contribution < -0.4 is 11.2 Å². The van der Waals surface area contributed by atoms with Gasteiger partial charge in [0.05, 0.1) is 22.1 Å². The average Bonchev–Trinajstić information content (AvgIpc) is 3.29. The zero-order valence-electron chi connectivity index (χ0n) is 16.4. The van der Waals surface area contributed by atoms with E-state index in [4.69, 9.17) is 16.3 Å². The van der Waals surface area contributed by atoms with Crippen molar-refractivity contribution in [3.8, 4) is 5.69 Å². The molecule has 0 unspecified atom stereocenters. The molecule has 3 aromatic heterocycles. The molecule has 10 heteroatoms. The number of thiophene rings is 1. The van der Waals surface area contributed by atoms with Crippen LogP contribution >= 0.6 is 22.9 Å². The van der Waals surface area contributed by atoms with E-state index in [0.29, 0.717) is 21.3 Å². The largest absolute Gasteiger partial charge is 0.455 e. The van der Waals surface area contributed by atoms with Gasteiger partial charge in [-0.1, -0.05) is 23.7 Å². The van der Waals surface area contributed by atoms with Gasteiger partial charge in [0.25, 0.3) is 5.56 Å². The number of para-hydroxylation sites is 1. The summed E-state index contributed by atoms with van der Waals surface area (Å²) in [5, 5.41) is 5.90. The molecule has 4 aromatic rings. The molecule has 4 rings (SSSR count). The van der Waals surface area contributed by atoms with Crippen molar-refractivity contribution >= 4 is 39.1 Å². The van der Waals surface area contributed by atoms with Crippen molar-refractivity contribution in [2.45, 2.75) is 13.5 Å². The second-order valence-corrected chi connectivity index (χ2v) is 8.17. The van der Waals surface area contributed by atoms with Crippen LogP contribution in [0, 0.1) is 6.92 Å². The highest BCUT2D eigenvalue weighted by atomic mass is 35.5. The molecular weight excluding hydrogens is 428 g/mol. The number of aromatic nitrogens is 4. The van der Waals surface area contributed by atoms with Crippen LogP contribution in [0.3, 0.4) is 0 Å². The second kappa shape index (κ2) is 7.58. The summed E-state index contributed by atoms with van der Waals surface area (Å²) in [6.07, 6.45) is 0. The van der Waals surface area contributed by atoms with E-state index in [2.05, 4.69) is 5.10 Å². The van der Waals surface area contributed by atoms with Crippen LogP contribution in [-0.4, -0.2) is 24.9 Å². The summed E-state index contributed by atoms with van der Waals surface area (Å²) in [5.74, 6) is -0.547. The number of halogens is 1. The van der Waals surface area contributed by atoms with E-state index >= 15 is 0 Å². The second-order valence-electron chi connectivity index (χ2n) is 6.73. The van der Waals surface area contributed by atoms with Crippen molar-refractivity contribution in [1.82, 2.24) is 18.9 Å². The standard InChI is InChI=1S/C20H17ClN4O4S/c1-11-13-9-16(30-18(13)25(22-11)15-7-5-4-6-14(15)21)19(27)29-10-12-8-17(26)24(3)20(28)23(12)2/h4-9H,10H2,1-3H3. The Balaban J connectivity index is 1.64. The summed E-state index contributed by atoms with van der Waals surface area (Å²) >= 11 is 7.54. The maximum Gasteiger partial charge on any atom is 0.348 e. The number of ether oxygens (including phenoxy) is 1. The first-order valence-corrected chi connectivity index (χ1v) is 10.1. The Hall–Kier alpha value is -3.17. The fourth-order valence-electron chi connectivity index (χ4n) is 3.06. The fraction of sp³-hybridized carbons (Fsp3) is 0.200. The summed E-state index contributed by atoms with van der Waals surface area (Å²) in [7, 11) is 2.91. The van der Waals surface area contributed by atoms with Gasteiger partial charge in [-0.05, 0) is 25.1 Å². The lowest BCUT2D eigenvalue weighted by Crippen LogP contribution is -2.38. The first kappa shape index (κ1) is 20.1. The molecule has 0 fully saturated rings. The molecule has 0 aliphatic rings. The molecule has 0 spiro atoms. The van der Waals surface area contributed by atoms with Crippen LogP contribution in [0.4, 0.5) is 0 Å². The molecule has 0 atom stereocenters. The third-order valence-electron chi connectivity index (χ3n) is 4.80. The third kappa shape index (κ3) is 3.35. The minimum atomic E-state index is -0.547. The van der Waals surface area contributed by atoms with E-state index in [1.807, 2.05) is 25.1 Å². The van der Waals surface area contributed by atoms with Gasteiger partial charge in [0, 0.05) is 25.5 Å². The van der Waals surface area contributed by atoms with Crippen molar-refractivity contribution < 1.29 is 9.53 Å². The van der Waals surface area contributed by atoms with Crippen molar-refractivity contribution in [3.63, 3.8) is 0 Å². The Morgan fingerprint density at radius 2 is 1.90 bits per heavy atom. The zero-order valence-corrected chi connectivity index (χ0v) is 18.0. The highest BCUT2D eigenvalue weighted by Crippen LogP contribution is 2.32. The predicted molar refractivity (Wildman–Crippen MR) is 115 cm³/mol. The Morgan fingerprint density at radius 3 is 2.63 bits per heavy atom. The molecule has 0 bridgehead atoms. The number of carbonyl (C=O) groups is 1. The SMILES string of the molecule is Cc1nn(-c2ccccc2Cl)c2sc(C(=O)OCc3cc(=O)n(C)c(=O)n3C)cc12. The Morgan fingerprint density at radius 1 is 1.17 bits per heavy atom. The fourth-order valence-corrected chi connectivity index (χ4v) is 4.35.